The number of carboxylic acids is 1. The molecule has 0 spiro atoms. The molecular weight excluding hydrogens is 384 g/mol. The number of anilines is 1. The highest BCUT2D eigenvalue weighted by atomic mass is 16.5. The lowest BCUT2D eigenvalue weighted by atomic mass is 10.1. The van der Waals surface area contributed by atoms with Gasteiger partial charge in [0.1, 0.15) is 12.3 Å². The van der Waals surface area contributed by atoms with Crippen molar-refractivity contribution in [3.05, 3.63) is 23.8 Å². The Morgan fingerprint density at radius 1 is 0.933 bits per heavy atom. The number of carboxylic acid groups (broad SMARTS) is 1. The van der Waals surface area contributed by atoms with Crippen LogP contribution in [0.5, 0.6) is 5.75 Å². The molecule has 0 saturated carbocycles. The van der Waals surface area contributed by atoms with E-state index in [-0.39, 0.29) is 11.5 Å². The fourth-order valence-corrected chi connectivity index (χ4v) is 2.99. The molecule has 2 amide bonds. The minimum atomic E-state index is -1.13. The van der Waals surface area contributed by atoms with Gasteiger partial charge in [-0.25, -0.2) is 0 Å². The zero-order chi connectivity index (χ0) is 22.2. The summed E-state index contributed by atoms with van der Waals surface area (Å²) in [6.45, 7) is 4.25. The zero-order valence-corrected chi connectivity index (χ0v) is 18.3. The van der Waals surface area contributed by atoms with Gasteiger partial charge in [0.05, 0.1) is 12.2 Å². The topological polar surface area (TPSA) is 105 Å². The Morgan fingerprint density at radius 2 is 1.60 bits per heavy atom. The Hall–Kier alpha value is -2.57. The largest absolute Gasteiger partial charge is 0.493 e. The van der Waals surface area contributed by atoms with Gasteiger partial charge in [-0.15, -0.1) is 0 Å². The molecule has 0 unspecified atom stereocenters. The van der Waals surface area contributed by atoms with Gasteiger partial charge in [-0.2, -0.15) is 0 Å². The van der Waals surface area contributed by atoms with E-state index < -0.39 is 18.4 Å². The summed E-state index contributed by atoms with van der Waals surface area (Å²) in [5, 5.41) is 14.0. The van der Waals surface area contributed by atoms with Crippen molar-refractivity contribution in [2.24, 2.45) is 0 Å². The van der Waals surface area contributed by atoms with E-state index in [2.05, 4.69) is 24.5 Å². The zero-order valence-electron chi connectivity index (χ0n) is 18.3. The monoisotopic (exact) mass is 420 g/mol. The lowest BCUT2D eigenvalue weighted by Gasteiger charge is -2.14. The number of amides is 2. The van der Waals surface area contributed by atoms with Crippen molar-refractivity contribution in [1.82, 2.24) is 5.32 Å². The molecule has 0 radical (unpaired) electrons. The van der Waals surface area contributed by atoms with Crippen LogP contribution in [0.25, 0.3) is 0 Å². The average molecular weight is 421 g/mol. The molecular formula is C23H36N2O5. The molecule has 1 aromatic carbocycles. The summed E-state index contributed by atoms with van der Waals surface area (Å²) < 4.78 is 5.79. The molecule has 168 valence electrons. The number of carbonyl (C=O) groups is 3. The maximum atomic E-state index is 12.5. The van der Waals surface area contributed by atoms with Crippen molar-refractivity contribution < 1.29 is 24.2 Å². The number of rotatable bonds is 16. The molecule has 0 heterocycles. The number of hydrogen-bond acceptors (Lipinski definition) is 4. The lowest BCUT2D eigenvalue weighted by molar-refractivity contribution is -0.135. The van der Waals surface area contributed by atoms with Crippen molar-refractivity contribution in [2.45, 2.75) is 78.1 Å². The number of ether oxygens (including phenoxy) is 1. The predicted octanol–water partition coefficient (Wildman–Crippen LogP) is 4.76. The van der Waals surface area contributed by atoms with Crippen molar-refractivity contribution in [1.29, 1.82) is 0 Å². The van der Waals surface area contributed by atoms with Crippen LogP contribution in [0.4, 0.5) is 5.69 Å². The first-order valence-electron chi connectivity index (χ1n) is 11.0. The van der Waals surface area contributed by atoms with E-state index in [0.717, 1.165) is 38.5 Å². The van der Waals surface area contributed by atoms with E-state index in [1.54, 1.807) is 12.1 Å². The molecule has 0 bridgehead atoms. The minimum absolute atomic E-state index is 0.110. The predicted molar refractivity (Wildman–Crippen MR) is 118 cm³/mol. The minimum Gasteiger partial charge on any atom is -0.493 e. The number of aliphatic carboxylic acids is 1. The summed E-state index contributed by atoms with van der Waals surface area (Å²) in [6.07, 6.45) is 10.0. The van der Waals surface area contributed by atoms with E-state index in [0.29, 0.717) is 24.5 Å². The van der Waals surface area contributed by atoms with Gasteiger partial charge in [-0.05, 0) is 31.0 Å². The third-order valence-electron chi connectivity index (χ3n) is 4.67. The maximum Gasteiger partial charge on any atom is 0.322 e. The normalized spacial score (nSPS) is 10.5. The van der Waals surface area contributed by atoms with Crippen LogP contribution in [0.1, 0.15) is 88.4 Å². The molecule has 0 fully saturated rings. The number of carbonyl (C=O) groups excluding carboxylic acids is 2. The average Bonchev–Trinajstić information content (AvgIpc) is 2.72. The molecule has 0 aliphatic rings. The highest BCUT2D eigenvalue weighted by Crippen LogP contribution is 2.24. The molecule has 0 aliphatic carbocycles. The summed E-state index contributed by atoms with van der Waals surface area (Å²) in [5.41, 5.74) is 0.706. The van der Waals surface area contributed by atoms with Gasteiger partial charge in [0.15, 0.2) is 0 Å². The second-order valence-electron chi connectivity index (χ2n) is 7.41. The lowest BCUT2D eigenvalue weighted by Crippen LogP contribution is -2.29. The Balaban J connectivity index is 2.73. The molecule has 7 heteroatoms. The summed E-state index contributed by atoms with van der Waals surface area (Å²) in [4.78, 5) is 35.3. The Bertz CT molecular complexity index is 676. The van der Waals surface area contributed by atoms with Crippen molar-refractivity contribution >= 4 is 23.5 Å². The number of unbranched alkanes of at least 4 members (excludes halogenated alkanes) is 7. The van der Waals surface area contributed by atoms with Gasteiger partial charge in [-0.3, -0.25) is 14.4 Å². The van der Waals surface area contributed by atoms with Crippen molar-refractivity contribution in [2.75, 3.05) is 18.5 Å². The van der Waals surface area contributed by atoms with Gasteiger partial charge >= 0.3 is 5.97 Å². The molecule has 30 heavy (non-hydrogen) atoms. The van der Waals surface area contributed by atoms with Crippen LogP contribution in [0.15, 0.2) is 18.2 Å². The van der Waals surface area contributed by atoms with Gasteiger partial charge < -0.3 is 20.5 Å². The Kier molecular flexibility index (Phi) is 13.0. The third-order valence-corrected chi connectivity index (χ3v) is 4.67. The quantitative estimate of drug-likeness (QED) is 0.335. The third kappa shape index (κ3) is 10.8. The van der Waals surface area contributed by atoms with Crippen LogP contribution in [-0.4, -0.2) is 36.0 Å². The van der Waals surface area contributed by atoms with E-state index in [4.69, 9.17) is 9.84 Å². The van der Waals surface area contributed by atoms with Crippen LogP contribution in [0.2, 0.25) is 0 Å². The van der Waals surface area contributed by atoms with Crippen LogP contribution in [-0.2, 0) is 9.59 Å². The fraction of sp³-hybridized carbons (Fsp3) is 0.609. The van der Waals surface area contributed by atoms with Crippen molar-refractivity contribution in [3.8, 4) is 5.75 Å². The number of nitrogens with one attached hydrogen (secondary N) is 2. The molecule has 3 N–H and O–H groups in total. The highest BCUT2D eigenvalue weighted by molar-refractivity contribution is 6.00. The Labute approximate surface area is 179 Å². The molecule has 1 rings (SSSR count). The molecule has 0 aromatic heterocycles. The van der Waals surface area contributed by atoms with E-state index >= 15 is 0 Å². The van der Waals surface area contributed by atoms with Gasteiger partial charge in [0.2, 0.25) is 5.91 Å². The van der Waals surface area contributed by atoms with Crippen LogP contribution in [0, 0.1) is 0 Å². The fourth-order valence-electron chi connectivity index (χ4n) is 2.99. The van der Waals surface area contributed by atoms with Crippen LogP contribution in [0.3, 0.4) is 0 Å². The summed E-state index contributed by atoms with van der Waals surface area (Å²) in [6, 6.07) is 4.88. The molecule has 7 nitrogen and oxygen atoms in total. The smallest absolute Gasteiger partial charge is 0.322 e. The molecule has 1 aromatic rings. The van der Waals surface area contributed by atoms with E-state index in [1.165, 1.54) is 25.3 Å². The highest BCUT2D eigenvalue weighted by Gasteiger charge is 2.15. The molecule has 0 saturated heterocycles. The van der Waals surface area contributed by atoms with Crippen LogP contribution < -0.4 is 15.4 Å². The SMILES string of the molecule is CCCCCCCCOc1ccc(NC(=O)CCCCC)cc1C(=O)NCC(=O)O. The summed E-state index contributed by atoms with van der Waals surface area (Å²) in [7, 11) is 0. The Morgan fingerprint density at radius 3 is 2.30 bits per heavy atom. The summed E-state index contributed by atoms with van der Waals surface area (Å²) >= 11 is 0. The van der Waals surface area contributed by atoms with Gasteiger partial charge in [-0.1, -0.05) is 58.8 Å². The molecule has 0 atom stereocenters. The second-order valence-corrected chi connectivity index (χ2v) is 7.41. The maximum absolute atomic E-state index is 12.5. The standard InChI is InChI=1S/C23H36N2O5/c1-3-5-7-8-9-11-15-30-20-14-13-18(25-21(26)12-10-6-4-2)16-19(20)23(29)24-17-22(27)28/h13-14,16H,3-12,15,17H2,1-2H3,(H,24,29)(H,25,26)(H,27,28). The molecule has 0 aliphatic heterocycles. The van der Waals surface area contributed by atoms with E-state index in [9.17, 15) is 14.4 Å². The first kappa shape index (κ1) is 25.5. The van der Waals surface area contributed by atoms with Gasteiger partial charge in [0, 0.05) is 12.1 Å². The summed E-state index contributed by atoms with van der Waals surface area (Å²) in [5.74, 6) is -1.40. The second kappa shape index (κ2) is 15.3. The van der Waals surface area contributed by atoms with Crippen molar-refractivity contribution in [3.63, 3.8) is 0 Å². The number of hydrogen-bond donors (Lipinski definition) is 3. The van der Waals surface area contributed by atoms with Gasteiger partial charge in [0.25, 0.3) is 5.91 Å². The number of benzene rings is 1. The first-order valence-corrected chi connectivity index (χ1v) is 11.0. The first-order chi connectivity index (χ1) is 14.5. The van der Waals surface area contributed by atoms with E-state index in [1.807, 2.05) is 0 Å². The van der Waals surface area contributed by atoms with Crippen LogP contribution >= 0.6 is 0 Å².